The van der Waals surface area contributed by atoms with Gasteiger partial charge in [-0.2, -0.15) is 0 Å². The zero-order valence-electron chi connectivity index (χ0n) is 10.8. The topological polar surface area (TPSA) is 33.4 Å². The third-order valence-electron chi connectivity index (χ3n) is 3.79. The molecule has 0 spiro atoms. The highest BCUT2D eigenvalue weighted by Crippen LogP contribution is 2.47. The molecular weight excluding hydrogens is 243 g/mol. The number of hydrogen-bond donors (Lipinski definition) is 1. The van der Waals surface area contributed by atoms with Crippen molar-refractivity contribution in [3.05, 3.63) is 59.3 Å². The normalized spacial score (nSPS) is 23.3. The largest absolute Gasteiger partial charge is 0.463 e. The molecular formula is C16H17FO2. The summed E-state index contributed by atoms with van der Waals surface area (Å²) in [5.41, 5.74) is 0.895. The molecule has 1 heterocycles. The molecule has 0 radical (unpaired) electrons. The van der Waals surface area contributed by atoms with Crippen LogP contribution in [0.25, 0.3) is 0 Å². The average Bonchev–Trinajstić information content (AvgIpc) is 2.93. The molecule has 2 nitrogen and oxygen atoms in total. The van der Waals surface area contributed by atoms with Crippen molar-refractivity contribution < 1.29 is 13.9 Å². The van der Waals surface area contributed by atoms with Gasteiger partial charge in [0.25, 0.3) is 0 Å². The van der Waals surface area contributed by atoms with Crippen LogP contribution in [0.3, 0.4) is 0 Å². The first-order valence-electron chi connectivity index (χ1n) is 6.65. The summed E-state index contributed by atoms with van der Waals surface area (Å²) in [5.74, 6) is 2.51. The van der Waals surface area contributed by atoms with E-state index in [4.69, 9.17) is 4.42 Å². The molecule has 0 saturated heterocycles. The zero-order valence-corrected chi connectivity index (χ0v) is 10.8. The Morgan fingerprint density at radius 1 is 1.26 bits per heavy atom. The second kappa shape index (κ2) is 4.82. The predicted molar refractivity (Wildman–Crippen MR) is 70.3 cm³/mol. The van der Waals surface area contributed by atoms with Crippen LogP contribution in [0, 0.1) is 11.7 Å². The number of hydrogen-bond acceptors (Lipinski definition) is 2. The molecule has 0 aliphatic heterocycles. The van der Waals surface area contributed by atoms with Crippen LogP contribution in [0.5, 0.6) is 0 Å². The molecule has 3 unspecified atom stereocenters. The van der Waals surface area contributed by atoms with Crippen molar-refractivity contribution in [1.29, 1.82) is 0 Å². The van der Waals surface area contributed by atoms with Gasteiger partial charge < -0.3 is 9.52 Å². The van der Waals surface area contributed by atoms with Gasteiger partial charge in [-0.3, -0.25) is 0 Å². The molecule has 1 N–H and O–H groups in total. The van der Waals surface area contributed by atoms with Crippen LogP contribution < -0.4 is 0 Å². The molecule has 19 heavy (non-hydrogen) atoms. The van der Waals surface area contributed by atoms with E-state index in [1.54, 1.807) is 12.1 Å². The smallest absolute Gasteiger partial charge is 0.133 e. The second-order valence-electron chi connectivity index (χ2n) is 5.41. The lowest BCUT2D eigenvalue weighted by Crippen LogP contribution is -2.00. The van der Waals surface area contributed by atoms with Crippen LogP contribution in [-0.4, -0.2) is 5.11 Å². The molecule has 2 aromatic rings. The Hall–Kier alpha value is -1.61. The maximum Gasteiger partial charge on any atom is 0.133 e. The van der Waals surface area contributed by atoms with Gasteiger partial charge >= 0.3 is 0 Å². The van der Waals surface area contributed by atoms with Crippen LogP contribution in [0.1, 0.15) is 42.5 Å². The maximum absolute atomic E-state index is 12.8. The number of aliphatic hydroxyl groups is 1. The van der Waals surface area contributed by atoms with Crippen molar-refractivity contribution in [1.82, 2.24) is 0 Å². The summed E-state index contributed by atoms with van der Waals surface area (Å²) in [6.07, 6.45) is 0.933. The SMILES string of the molecule is CC1CC1c1ccc(C(O)Cc2ccc(F)cc2)o1. The van der Waals surface area contributed by atoms with Crippen molar-refractivity contribution in [2.75, 3.05) is 0 Å². The molecule has 1 fully saturated rings. The Morgan fingerprint density at radius 2 is 1.95 bits per heavy atom. The lowest BCUT2D eigenvalue weighted by Gasteiger charge is -2.07. The fourth-order valence-electron chi connectivity index (χ4n) is 2.41. The number of furan rings is 1. The second-order valence-corrected chi connectivity index (χ2v) is 5.41. The Kier molecular flexibility index (Phi) is 3.15. The zero-order chi connectivity index (χ0) is 13.4. The molecule has 1 aliphatic carbocycles. The Balaban J connectivity index is 1.68. The molecule has 3 rings (SSSR count). The summed E-state index contributed by atoms with van der Waals surface area (Å²) in [4.78, 5) is 0. The van der Waals surface area contributed by atoms with Crippen molar-refractivity contribution >= 4 is 0 Å². The summed E-state index contributed by atoms with van der Waals surface area (Å²) in [7, 11) is 0. The van der Waals surface area contributed by atoms with Gasteiger partial charge in [0.05, 0.1) is 0 Å². The quantitative estimate of drug-likeness (QED) is 0.906. The summed E-state index contributed by atoms with van der Waals surface area (Å²) < 4.78 is 18.5. The van der Waals surface area contributed by atoms with Crippen molar-refractivity contribution in [2.45, 2.75) is 31.8 Å². The van der Waals surface area contributed by atoms with Crippen LogP contribution in [-0.2, 0) is 6.42 Å². The van der Waals surface area contributed by atoms with Gasteiger partial charge in [-0.1, -0.05) is 19.1 Å². The van der Waals surface area contributed by atoms with Crippen molar-refractivity contribution in [2.24, 2.45) is 5.92 Å². The number of rotatable bonds is 4. The minimum Gasteiger partial charge on any atom is -0.463 e. The number of halogens is 1. The molecule has 0 amide bonds. The lowest BCUT2D eigenvalue weighted by atomic mass is 10.1. The monoisotopic (exact) mass is 260 g/mol. The predicted octanol–water partition coefficient (Wildman–Crippen LogP) is 3.82. The van der Waals surface area contributed by atoms with Crippen molar-refractivity contribution in [3.8, 4) is 0 Å². The van der Waals surface area contributed by atoms with E-state index >= 15 is 0 Å². The average molecular weight is 260 g/mol. The minimum absolute atomic E-state index is 0.263. The summed E-state index contributed by atoms with van der Waals surface area (Å²) >= 11 is 0. The van der Waals surface area contributed by atoms with E-state index in [0.717, 1.165) is 11.3 Å². The van der Waals surface area contributed by atoms with Gasteiger partial charge in [0.15, 0.2) is 0 Å². The molecule has 1 saturated carbocycles. The van der Waals surface area contributed by atoms with E-state index in [0.29, 0.717) is 24.0 Å². The van der Waals surface area contributed by atoms with Crippen molar-refractivity contribution in [3.63, 3.8) is 0 Å². The van der Waals surface area contributed by atoms with Gasteiger partial charge in [0.1, 0.15) is 23.4 Å². The fraction of sp³-hybridized carbons (Fsp3) is 0.375. The molecule has 0 bridgehead atoms. The van der Waals surface area contributed by atoms with Gasteiger partial charge in [-0.05, 0) is 42.2 Å². The first-order chi connectivity index (χ1) is 9.13. The molecule has 1 aliphatic rings. The number of benzene rings is 1. The highest BCUT2D eigenvalue weighted by atomic mass is 19.1. The first kappa shape index (κ1) is 12.4. The van der Waals surface area contributed by atoms with E-state index in [-0.39, 0.29) is 5.82 Å². The molecule has 1 aromatic heterocycles. The third kappa shape index (κ3) is 2.71. The first-order valence-corrected chi connectivity index (χ1v) is 6.65. The highest BCUT2D eigenvalue weighted by molar-refractivity contribution is 5.21. The standard InChI is InChI=1S/C16H17FO2/c1-10-8-13(10)15-6-7-16(19-15)14(18)9-11-2-4-12(17)5-3-11/h2-7,10,13-14,18H,8-9H2,1H3. The van der Waals surface area contributed by atoms with E-state index in [9.17, 15) is 9.50 Å². The van der Waals surface area contributed by atoms with E-state index < -0.39 is 6.10 Å². The summed E-state index contributed by atoms with van der Waals surface area (Å²) in [5, 5.41) is 10.1. The number of aliphatic hydroxyl groups excluding tert-OH is 1. The van der Waals surface area contributed by atoms with Gasteiger partial charge in [-0.25, -0.2) is 4.39 Å². The van der Waals surface area contributed by atoms with Gasteiger partial charge in [-0.15, -0.1) is 0 Å². The molecule has 3 atom stereocenters. The van der Waals surface area contributed by atoms with E-state index in [2.05, 4.69) is 6.92 Å². The van der Waals surface area contributed by atoms with Crippen LogP contribution in [0.4, 0.5) is 4.39 Å². The minimum atomic E-state index is -0.673. The fourth-order valence-corrected chi connectivity index (χ4v) is 2.41. The van der Waals surface area contributed by atoms with Crippen LogP contribution in [0.15, 0.2) is 40.8 Å². The molecule has 100 valence electrons. The Morgan fingerprint density at radius 3 is 2.58 bits per heavy atom. The van der Waals surface area contributed by atoms with Gasteiger partial charge in [0.2, 0.25) is 0 Å². The van der Waals surface area contributed by atoms with Gasteiger partial charge in [0, 0.05) is 12.3 Å². The van der Waals surface area contributed by atoms with E-state index in [1.807, 2.05) is 12.1 Å². The van der Waals surface area contributed by atoms with E-state index in [1.165, 1.54) is 18.6 Å². The summed E-state index contributed by atoms with van der Waals surface area (Å²) in [6.45, 7) is 2.20. The lowest BCUT2D eigenvalue weighted by molar-refractivity contribution is 0.148. The maximum atomic E-state index is 12.8. The Labute approximate surface area is 111 Å². The van der Waals surface area contributed by atoms with Crippen LogP contribution >= 0.6 is 0 Å². The summed E-state index contributed by atoms with van der Waals surface area (Å²) in [6, 6.07) is 9.98. The highest BCUT2D eigenvalue weighted by Gasteiger charge is 2.36. The Bertz CT molecular complexity index is 558. The molecule has 3 heteroatoms. The van der Waals surface area contributed by atoms with Crippen LogP contribution in [0.2, 0.25) is 0 Å². The third-order valence-corrected chi connectivity index (χ3v) is 3.79. The molecule has 1 aromatic carbocycles.